The highest BCUT2D eigenvalue weighted by molar-refractivity contribution is 6.08. The van der Waals surface area contributed by atoms with Gasteiger partial charge in [-0.25, -0.2) is 0 Å². The number of nitrogens with zero attached hydrogens (tertiary/aromatic N) is 2. The summed E-state index contributed by atoms with van der Waals surface area (Å²) >= 11 is 0. The Balaban J connectivity index is 1.76. The minimum Gasteiger partial charge on any atom is -0.310 e. The van der Waals surface area contributed by atoms with E-state index in [9.17, 15) is 0 Å². The summed E-state index contributed by atoms with van der Waals surface area (Å²) in [7, 11) is 0. The van der Waals surface area contributed by atoms with Crippen molar-refractivity contribution in [1.82, 2.24) is 4.98 Å². The van der Waals surface area contributed by atoms with Crippen molar-refractivity contribution in [1.29, 1.82) is 0 Å². The lowest BCUT2D eigenvalue weighted by atomic mass is 10.0. The van der Waals surface area contributed by atoms with E-state index in [1.54, 1.807) is 0 Å². The average Bonchev–Trinajstić information content (AvgIpc) is 2.75. The zero-order valence-corrected chi connectivity index (χ0v) is 14.8. The molecule has 0 saturated heterocycles. The Hall–Kier alpha value is -3.65. The maximum absolute atomic E-state index is 4.34. The van der Waals surface area contributed by atoms with Crippen molar-refractivity contribution >= 4 is 38.6 Å². The first-order valence-corrected chi connectivity index (χ1v) is 9.07. The third kappa shape index (κ3) is 2.81. The summed E-state index contributed by atoms with van der Waals surface area (Å²) in [6, 6.07) is 34.0. The first kappa shape index (κ1) is 15.6. The number of fused-ring (bicyclic) bond motifs is 3. The zero-order valence-electron chi connectivity index (χ0n) is 14.8. The topological polar surface area (TPSA) is 16.1 Å². The molecule has 0 saturated carbocycles. The van der Waals surface area contributed by atoms with Crippen LogP contribution in [0.4, 0.5) is 17.1 Å². The molecule has 5 rings (SSSR count). The molecule has 0 radical (unpaired) electrons. The van der Waals surface area contributed by atoms with E-state index >= 15 is 0 Å². The Labute approximate surface area is 158 Å². The maximum atomic E-state index is 4.34. The third-order valence-corrected chi connectivity index (χ3v) is 4.91. The largest absolute Gasteiger partial charge is 0.310 e. The Bertz CT molecular complexity index is 1170. The Morgan fingerprint density at radius 2 is 1.11 bits per heavy atom. The van der Waals surface area contributed by atoms with Crippen LogP contribution in [0.25, 0.3) is 21.5 Å². The van der Waals surface area contributed by atoms with Gasteiger partial charge in [-0.3, -0.25) is 4.98 Å². The fourth-order valence-corrected chi connectivity index (χ4v) is 3.62. The van der Waals surface area contributed by atoms with Crippen molar-refractivity contribution in [3.63, 3.8) is 0 Å². The van der Waals surface area contributed by atoms with Gasteiger partial charge in [0.1, 0.15) is 0 Å². The summed E-state index contributed by atoms with van der Waals surface area (Å²) in [6.07, 6.45) is 3.80. The number of pyridine rings is 1. The van der Waals surface area contributed by atoms with Gasteiger partial charge in [0.15, 0.2) is 0 Å². The molecule has 1 aromatic heterocycles. The van der Waals surface area contributed by atoms with Gasteiger partial charge in [-0.1, -0.05) is 54.6 Å². The highest BCUT2D eigenvalue weighted by Gasteiger charge is 2.13. The monoisotopic (exact) mass is 346 g/mol. The lowest BCUT2D eigenvalue weighted by Gasteiger charge is -2.25. The number of aromatic nitrogens is 1. The summed E-state index contributed by atoms with van der Waals surface area (Å²) in [5.41, 5.74) is 3.42. The molecule has 27 heavy (non-hydrogen) atoms. The molecule has 0 amide bonds. The van der Waals surface area contributed by atoms with E-state index < -0.39 is 0 Å². The van der Waals surface area contributed by atoms with E-state index in [2.05, 4.69) is 94.8 Å². The number of rotatable bonds is 3. The van der Waals surface area contributed by atoms with Crippen molar-refractivity contribution in [3.05, 3.63) is 109 Å². The second kappa shape index (κ2) is 6.58. The molecule has 1 heterocycles. The zero-order chi connectivity index (χ0) is 18.1. The van der Waals surface area contributed by atoms with Crippen LogP contribution in [0.3, 0.4) is 0 Å². The van der Waals surface area contributed by atoms with Crippen molar-refractivity contribution in [2.24, 2.45) is 0 Å². The number of hydrogen-bond donors (Lipinski definition) is 0. The molecular weight excluding hydrogens is 328 g/mol. The second-order valence-electron chi connectivity index (χ2n) is 6.57. The summed E-state index contributed by atoms with van der Waals surface area (Å²) < 4.78 is 0. The first-order valence-electron chi connectivity index (χ1n) is 9.07. The molecule has 5 aromatic rings. The smallest absolute Gasteiger partial charge is 0.0468 e. The van der Waals surface area contributed by atoms with Gasteiger partial charge in [-0.2, -0.15) is 0 Å². The van der Waals surface area contributed by atoms with E-state index in [0.29, 0.717) is 0 Å². The van der Waals surface area contributed by atoms with Crippen LogP contribution in [-0.4, -0.2) is 4.98 Å². The van der Waals surface area contributed by atoms with Gasteiger partial charge in [-0.05, 0) is 58.6 Å². The summed E-state index contributed by atoms with van der Waals surface area (Å²) in [5, 5.41) is 4.83. The van der Waals surface area contributed by atoms with Crippen LogP contribution in [0.15, 0.2) is 109 Å². The molecule has 0 atom stereocenters. The second-order valence-corrected chi connectivity index (χ2v) is 6.57. The summed E-state index contributed by atoms with van der Waals surface area (Å²) in [6.45, 7) is 0. The molecule has 0 aliphatic heterocycles. The lowest BCUT2D eigenvalue weighted by molar-refractivity contribution is 1.29. The molecule has 4 aromatic carbocycles. The fourth-order valence-electron chi connectivity index (χ4n) is 3.62. The molecule has 0 aliphatic carbocycles. The molecule has 0 N–H and O–H groups in total. The minimum atomic E-state index is 1.14. The summed E-state index contributed by atoms with van der Waals surface area (Å²) in [5.74, 6) is 0. The van der Waals surface area contributed by atoms with Crippen molar-refractivity contribution in [3.8, 4) is 0 Å². The molecule has 2 heteroatoms. The Morgan fingerprint density at radius 1 is 0.519 bits per heavy atom. The molecule has 0 fully saturated rings. The van der Waals surface area contributed by atoms with Gasteiger partial charge in [0, 0.05) is 34.8 Å². The Morgan fingerprint density at radius 3 is 1.78 bits per heavy atom. The van der Waals surface area contributed by atoms with Crippen molar-refractivity contribution in [2.75, 3.05) is 4.90 Å². The molecular formula is C25H18N2. The number of hydrogen-bond acceptors (Lipinski definition) is 2. The molecule has 0 aliphatic rings. The van der Waals surface area contributed by atoms with Gasteiger partial charge >= 0.3 is 0 Å². The number of para-hydroxylation sites is 2. The van der Waals surface area contributed by atoms with Crippen molar-refractivity contribution in [2.45, 2.75) is 0 Å². The minimum absolute atomic E-state index is 1.14. The standard InChI is InChI=1S/C25H18N2/c1-3-7-21(8-4-1)27(22-9-5-2-6-10-22)23-14-13-19-11-12-20-15-16-26-18-25(20)24(19)17-23/h1-18H. The predicted molar refractivity (Wildman–Crippen MR) is 114 cm³/mol. The van der Waals surface area contributed by atoms with Crippen LogP contribution in [0.1, 0.15) is 0 Å². The summed E-state index contributed by atoms with van der Waals surface area (Å²) in [4.78, 5) is 6.63. The third-order valence-electron chi connectivity index (χ3n) is 4.91. The number of benzene rings is 4. The molecule has 0 unspecified atom stereocenters. The number of anilines is 3. The fraction of sp³-hybridized carbons (Fsp3) is 0. The molecule has 2 nitrogen and oxygen atoms in total. The van der Waals surface area contributed by atoms with Gasteiger partial charge in [0.05, 0.1) is 0 Å². The quantitative estimate of drug-likeness (QED) is 0.332. The van der Waals surface area contributed by atoms with Crippen LogP contribution >= 0.6 is 0 Å². The highest BCUT2D eigenvalue weighted by Crippen LogP contribution is 2.37. The van der Waals surface area contributed by atoms with Crippen LogP contribution < -0.4 is 4.90 Å². The van der Waals surface area contributed by atoms with Gasteiger partial charge in [-0.15, -0.1) is 0 Å². The van der Waals surface area contributed by atoms with E-state index in [1.165, 1.54) is 21.5 Å². The van der Waals surface area contributed by atoms with Crippen molar-refractivity contribution < 1.29 is 0 Å². The van der Waals surface area contributed by atoms with Gasteiger partial charge in [0.2, 0.25) is 0 Å². The van der Waals surface area contributed by atoms with Crippen LogP contribution in [0.5, 0.6) is 0 Å². The average molecular weight is 346 g/mol. The van der Waals surface area contributed by atoms with Crippen LogP contribution in [0, 0.1) is 0 Å². The predicted octanol–water partition coefficient (Wildman–Crippen LogP) is 6.86. The normalized spacial score (nSPS) is 11.0. The van der Waals surface area contributed by atoms with Gasteiger partial charge in [0.25, 0.3) is 0 Å². The van der Waals surface area contributed by atoms with E-state index in [4.69, 9.17) is 0 Å². The Kier molecular flexibility index (Phi) is 3.80. The molecule has 0 spiro atoms. The van der Waals surface area contributed by atoms with E-state index in [-0.39, 0.29) is 0 Å². The van der Waals surface area contributed by atoms with Crippen LogP contribution in [0.2, 0.25) is 0 Å². The highest BCUT2D eigenvalue weighted by atomic mass is 15.1. The van der Waals surface area contributed by atoms with Crippen LogP contribution in [-0.2, 0) is 0 Å². The maximum Gasteiger partial charge on any atom is 0.0468 e. The molecule has 128 valence electrons. The van der Waals surface area contributed by atoms with E-state index in [0.717, 1.165) is 17.1 Å². The van der Waals surface area contributed by atoms with Gasteiger partial charge < -0.3 is 4.90 Å². The lowest BCUT2D eigenvalue weighted by Crippen LogP contribution is -2.09. The van der Waals surface area contributed by atoms with E-state index in [1.807, 2.05) is 24.5 Å². The molecule has 0 bridgehead atoms. The first-order chi connectivity index (χ1) is 13.4. The SMILES string of the molecule is c1ccc(N(c2ccccc2)c2ccc3ccc4ccncc4c3c2)cc1.